The van der Waals surface area contributed by atoms with Gasteiger partial charge >= 0.3 is 0 Å². The molecule has 2 amide bonds. The predicted octanol–water partition coefficient (Wildman–Crippen LogP) is 8.19. The summed E-state index contributed by atoms with van der Waals surface area (Å²) in [5.74, 6) is 2.90. The van der Waals surface area contributed by atoms with Crippen LogP contribution in [0.25, 0.3) is 44.2 Å². The van der Waals surface area contributed by atoms with E-state index < -0.39 is 0 Å². The van der Waals surface area contributed by atoms with Crippen LogP contribution in [0.5, 0.6) is 0 Å². The van der Waals surface area contributed by atoms with Crippen molar-refractivity contribution in [2.24, 2.45) is 11.8 Å². The lowest BCUT2D eigenvalue weighted by atomic mass is 9.99. The van der Waals surface area contributed by atoms with E-state index in [0.717, 1.165) is 94.6 Å². The van der Waals surface area contributed by atoms with Gasteiger partial charge in [-0.2, -0.15) is 0 Å². The largest absolute Gasteiger partial charge is 0.340 e. The highest BCUT2D eigenvalue weighted by atomic mass is 16.2. The van der Waals surface area contributed by atoms with E-state index in [1.165, 1.54) is 0 Å². The van der Waals surface area contributed by atoms with Crippen LogP contribution in [-0.2, 0) is 9.59 Å². The molecule has 0 bridgehead atoms. The Morgan fingerprint density at radius 3 is 1.96 bits per heavy atom. The van der Waals surface area contributed by atoms with E-state index in [1.807, 2.05) is 16.0 Å². The SMILES string of the molecule is CC(C)CC(=O)N1CCC[C@H]1c1ncc(-c2ccc3cc(-c4ccc5nc([C@@H]6CCCN6C(=O)CC(C)C)[nH]c5c4)ccc3c2)[nH]1. The summed E-state index contributed by atoms with van der Waals surface area (Å²) in [6.07, 6.45) is 6.96. The molecular formula is C38H44N6O2. The molecule has 0 saturated carbocycles. The van der Waals surface area contributed by atoms with Gasteiger partial charge in [0.15, 0.2) is 0 Å². The summed E-state index contributed by atoms with van der Waals surface area (Å²) in [7, 11) is 0. The number of likely N-dealkylation sites (tertiary alicyclic amines) is 2. The maximum absolute atomic E-state index is 12.9. The number of nitrogens with one attached hydrogen (secondary N) is 2. The Balaban J connectivity index is 1.10. The molecule has 3 aromatic carbocycles. The van der Waals surface area contributed by atoms with E-state index in [4.69, 9.17) is 9.97 Å². The van der Waals surface area contributed by atoms with Crippen molar-refractivity contribution < 1.29 is 9.59 Å². The van der Waals surface area contributed by atoms with Crippen molar-refractivity contribution in [3.05, 3.63) is 72.4 Å². The Morgan fingerprint density at radius 2 is 1.30 bits per heavy atom. The van der Waals surface area contributed by atoms with Crippen molar-refractivity contribution in [3.8, 4) is 22.4 Å². The molecule has 4 heterocycles. The Kier molecular flexibility index (Phi) is 8.13. The van der Waals surface area contributed by atoms with Crippen molar-refractivity contribution >= 4 is 33.6 Å². The molecule has 238 valence electrons. The number of benzene rings is 3. The first kappa shape index (κ1) is 30.2. The number of hydrogen-bond donors (Lipinski definition) is 2. The molecule has 2 atom stereocenters. The van der Waals surface area contributed by atoms with Crippen LogP contribution < -0.4 is 0 Å². The maximum Gasteiger partial charge on any atom is 0.223 e. The third-order valence-corrected chi connectivity index (χ3v) is 9.52. The third kappa shape index (κ3) is 5.93. The van der Waals surface area contributed by atoms with E-state index in [-0.39, 0.29) is 23.9 Å². The van der Waals surface area contributed by atoms with Gasteiger partial charge in [-0.3, -0.25) is 9.59 Å². The first-order valence-electron chi connectivity index (χ1n) is 16.9. The second kappa shape index (κ2) is 12.4. The summed E-state index contributed by atoms with van der Waals surface area (Å²) < 4.78 is 0. The van der Waals surface area contributed by atoms with Gasteiger partial charge in [-0.25, -0.2) is 9.97 Å². The van der Waals surface area contributed by atoms with Crippen LogP contribution >= 0.6 is 0 Å². The van der Waals surface area contributed by atoms with Crippen LogP contribution in [0.15, 0.2) is 60.8 Å². The van der Waals surface area contributed by atoms with Crippen molar-refractivity contribution in [3.63, 3.8) is 0 Å². The van der Waals surface area contributed by atoms with Crippen LogP contribution in [0.4, 0.5) is 0 Å². The normalized spacial score (nSPS) is 18.6. The number of aromatic nitrogens is 4. The molecule has 0 spiro atoms. The van der Waals surface area contributed by atoms with Crippen molar-refractivity contribution in [2.75, 3.05) is 13.1 Å². The number of nitrogens with zero attached hydrogens (tertiary/aromatic N) is 4. The summed E-state index contributed by atoms with van der Waals surface area (Å²) in [5, 5.41) is 2.32. The first-order valence-corrected chi connectivity index (χ1v) is 16.9. The molecule has 7 rings (SSSR count). The van der Waals surface area contributed by atoms with Gasteiger partial charge in [-0.1, -0.05) is 58.0 Å². The number of fused-ring (bicyclic) bond motifs is 2. The molecule has 8 nitrogen and oxygen atoms in total. The minimum Gasteiger partial charge on any atom is -0.340 e. The summed E-state index contributed by atoms with van der Waals surface area (Å²) in [5.41, 5.74) is 6.24. The third-order valence-electron chi connectivity index (χ3n) is 9.52. The standard InChI is InChI=1S/C38H44N6O2/c1-23(2)17-35(45)43-15-5-7-33(43)37-39-22-32(42-37)29-12-11-25-19-26(9-10-27(25)20-29)28-13-14-30-31(21-28)41-38(40-30)34-8-6-16-44(34)36(46)18-24(3)4/h9-14,19-24,33-34H,5-8,15-18H2,1-4H3,(H,39,42)(H,40,41)/t33-,34-/m0/s1. The van der Waals surface area contributed by atoms with Gasteiger partial charge in [-0.15, -0.1) is 0 Å². The molecule has 2 aromatic heterocycles. The molecule has 5 aromatic rings. The Hall–Kier alpha value is -4.46. The van der Waals surface area contributed by atoms with Crippen LogP contribution in [0.1, 0.15) is 90.0 Å². The molecule has 2 saturated heterocycles. The fourth-order valence-corrected chi connectivity index (χ4v) is 7.24. The van der Waals surface area contributed by atoms with Crippen LogP contribution in [0, 0.1) is 11.8 Å². The van der Waals surface area contributed by atoms with Gasteiger partial charge in [0.05, 0.1) is 35.0 Å². The lowest BCUT2D eigenvalue weighted by Gasteiger charge is -2.24. The van der Waals surface area contributed by atoms with E-state index >= 15 is 0 Å². The summed E-state index contributed by atoms with van der Waals surface area (Å²) in [4.78, 5) is 46.5. The fourth-order valence-electron chi connectivity index (χ4n) is 7.24. The minimum absolute atomic E-state index is 0.0207. The highest BCUT2D eigenvalue weighted by molar-refractivity contribution is 5.92. The summed E-state index contributed by atoms with van der Waals surface area (Å²) in [6.45, 7) is 9.97. The quantitative estimate of drug-likeness (QED) is 0.184. The second-order valence-corrected chi connectivity index (χ2v) is 14.0. The zero-order valence-corrected chi connectivity index (χ0v) is 27.3. The smallest absolute Gasteiger partial charge is 0.223 e. The topological polar surface area (TPSA) is 98.0 Å². The molecule has 2 aliphatic rings. The van der Waals surface area contributed by atoms with Crippen molar-refractivity contribution in [2.45, 2.75) is 78.3 Å². The van der Waals surface area contributed by atoms with Gasteiger partial charge in [0.2, 0.25) is 11.8 Å². The average Bonchev–Trinajstić information content (AvgIpc) is 3.85. The second-order valence-electron chi connectivity index (χ2n) is 14.0. The molecule has 2 aliphatic heterocycles. The molecule has 46 heavy (non-hydrogen) atoms. The summed E-state index contributed by atoms with van der Waals surface area (Å²) in [6, 6.07) is 19.5. The van der Waals surface area contributed by atoms with Crippen molar-refractivity contribution in [1.29, 1.82) is 0 Å². The zero-order chi connectivity index (χ0) is 31.9. The molecule has 2 fully saturated rings. The number of amides is 2. The average molecular weight is 617 g/mol. The lowest BCUT2D eigenvalue weighted by molar-refractivity contribution is -0.133. The number of hydrogen-bond acceptors (Lipinski definition) is 4. The number of carbonyl (C=O) groups excluding carboxylic acids is 2. The molecule has 0 aliphatic carbocycles. The van der Waals surface area contributed by atoms with E-state index in [1.54, 1.807) is 0 Å². The highest BCUT2D eigenvalue weighted by Crippen LogP contribution is 2.35. The Labute approximate surface area is 270 Å². The fraction of sp³-hybridized carbons (Fsp3) is 0.421. The number of H-pyrrole nitrogens is 2. The first-order chi connectivity index (χ1) is 22.2. The van der Waals surface area contributed by atoms with Gasteiger partial charge in [0, 0.05) is 31.5 Å². The van der Waals surface area contributed by atoms with E-state index in [9.17, 15) is 9.59 Å². The van der Waals surface area contributed by atoms with Gasteiger partial charge in [-0.05, 0) is 83.7 Å². The van der Waals surface area contributed by atoms with Crippen molar-refractivity contribution in [1.82, 2.24) is 29.7 Å². The molecular weight excluding hydrogens is 572 g/mol. The van der Waals surface area contributed by atoms with Crippen LogP contribution in [-0.4, -0.2) is 54.6 Å². The minimum atomic E-state index is 0.0207. The number of rotatable bonds is 8. The maximum atomic E-state index is 12.9. The number of carbonyl (C=O) groups is 2. The summed E-state index contributed by atoms with van der Waals surface area (Å²) >= 11 is 0. The van der Waals surface area contributed by atoms with Crippen LogP contribution in [0.2, 0.25) is 0 Å². The van der Waals surface area contributed by atoms with E-state index in [0.29, 0.717) is 24.7 Å². The Morgan fingerprint density at radius 1 is 0.739 bits per heavy atom. The molecule has 2 N–H and O–H groups in total. The highest BCUT2D eigenvalue weighted by Gasteiger charge is 2.33. The molecule has 0 unspecified atom stereocenters. The number of imidazole rings is 2. The van der Waals surface area contributed by atoms with Gasteiger partial charge in [0.25, 0.3) is 0 Å². The van der Waals surface area contributed by atoms with Gasteiger partial charge in [0.1, 0.15) is 11.6 Å². The van der Waals surface area contributed by atoms with E-state index in [2.05, 4.69) is 92.3 Å². The predicted molar refractivity (Wildman–Crippen MR) is 183 cm³/mol. The Bertz CT molecular complexity index is 1900. The van der Waals surface area contributed by atoms with Crippen LogP contribution in [0.3, 0.4) is 0 Å². The van der Waals surface area contributed by atoms with Gasteiger partial charge < -0.3 is 19.8 Å². The molecule has 0 radical (unpaired) electrons. The molecule has 8 heteroatoms. The monoisotopic (exact) mass is 616 g/mol. The zero-order valence-electron chi connectivity index (χ0n) is 27.3. The number of aromatic amines is 2. The lowest BCUT2D eigenvalue weighted by Crippen LogP contribution is -2.31.